The number of hydrogen-bond acceptors (Lipinski definition) is 7. The van der Waals surface area contributed by atoms with Crippen LogP contribution in [0.2, 0.25) is 0 Å². The van der Waals surface area contributed by atoms with Crippen molar-refractivity contribution in [1.82, 2.24) is 4.98 Å². The van der Waals surface area contributed by atoms with E-state index in [4.69, 9.17) is 9.47 Å². The molecule has 0 spiro atoms. The van der Waals surface area contributed by atoms with Crippen LogP contribution in [0.15, 0.2) is 22.6 Å². The molecule has 6 nitrogen and oxygen atoms in total. The summed E-state index contributed by atoms with van der Waals surface area (Å²) in [5.41, 5.74) is 5.60. The fourth-order valence-corrected chi connectivity index (χ4v) is 5.68. The Morgan fingerprint density at radius 1 is 1.16 bits per heavy atom. The molecular weight excluding hydrogens is 410 g/mol. The molecule has 1 aromatic carbocycles. The number of amidine groups is 1. The van der Waals surface area contributed by atoms with Gasteiger partial charge in [-0.15, -0.1) is 11.3 Å². The molecule has 1 atom stereocenters. The van der Waals surface area contributed by atoms with Crippen LogP contribution in [0, 0.1) is 0 Å². The third kappa shape index (κ3) is 3.73. The Morgan fingerprint density at radius 2 is 1.94 bits per heavy atom. The van der Waals surface area contributed by atoms with Gasteiger partial charge in [-0.3, -0.25) is 0 Å². The minimum atomic E-state index is -1.29. The van der Waals surface area contributed by atoms with Crippen molar-refractivity contribution in [1.29, 1.82) is 0 Å². The predicted molar refractivity (Wildman–Crippen MR) is 122 cm³/mol. The van der Waals surface area contributed by atoms with Gasteiger partial charge in [0, 0.05) is 17.3 Å². The second kappa shape index (κ2) is 8.61. The molecule has 0 radical (unpaired) electrons. The van der Waals surface area contributed by atoms with E-state index < -0.39 is 11.6 Å². The molecule has 1 N–H and O–H groups in total. The SMILES string of the molecule is CCCOC(=O)C1(c2nccs2)CN=C(Nc2c3c(cc4c2CCC4)CCCCC3)O1. The van der Waals surface area contributed by atoms with Crippen molar-refractivity contribution in [3.63, 3.8) is 0 Å². The fraction of sp³-hybridized carbons (Fsp3) is 0.542. The zero-order chi connectivity index (χ0) is 21.3. The Bertz CT molecular complexity index is 1000. The first-order chi connectivity index (χ1) is 15.2. The smallest absolute Gasteiger partial charge is 0.359 e. The van der Waals surface area contributed by atoms with Crippen molar-refractivity contribution in [2.45, 2.75) is 70.3 Å². The van der Waals surface area contributed by atoms with Crippen LogP contribution in [-0.2, 0) is 45.6 Å². The van der Waals surface area contributed by atoms with Gasteiger partial charge in [-0.2, -0.15) is 0 Å². The number of anilines is 1. The van der Waals surface area contributed by atoms with Crippen molar-refractivity contribution in [2.75, 3.05) is 18.5 Å². The van der Waals surface area contributed by atoms with Gasteiger partial charge in [0.1, 0.15) is 6.54 Å². The number of rotatable bonds is 5. The number of benzene rings is 1. The van der Waals surface area contributed by atoms with E-state index in [0.717, 1.165) is 32.1 Å². The summed E-state index contributed by atoms with van der Waals surface area (Å²) in [7, 11) is 0. The number of hydrogen-bond donors (Lipinski definition) is 1. The number of thiazole rings is 1. The molecule has 0 saturated heterocycles. The summed E-state index contributed by atoms with van der Waals surface area (Å²) in [4.78, 5) is 22.0. The van der Waals surface area contributed by atoms with Crippen molar-refractivity contribution >= 4 is 29.0 Å². The molecule has 2 heterocycles. The molecule has 0 bridgehead atoms. The average molecular weight is 440 g/mol. The normalized spacial score (nSPS) is 22.2. The quantitative estimate of drug-likeness (QED) is 0.547. The molecule has 0 saturated carbocycles. The molecule has 0 amide bonds. The molecule has 2 aromatic rings. The van der Waals surface area contributed by atoms with E-state index in [0.29, 0.717) is 17.6 Å². The van der Waals surface area contributed by atoms with Gasteiger partial charge in [-0.25, -0.2) is 14.8 Å². The van der Waals surface area contributed by atoms with Crippen molar-refractivity contribution in [3.05, 3.63) is 44.9 Å². The molecule has 1 aliphatic heterocycles. The minimum absolute atomic E-state index is 0.183. The van der Waals surface area contributed by atoms with Gasteiger partial charge in [-0.1, -0.05) is 19.4 Å². The molecule has 7 heteroatoms. The summed E-state index contributed by atoms with van der Waals surface area (Å²) in [6, 6.07) is 2.84. The van der Waals surface area contributed by atoms with Gasteiger partial charge in [0.25, 0.3) is 11.6 Å². The number of esters is 1. The van der Waals surface area contributed by atoms with Crippen LogP contribution in [0.4, 0.5) is 5.69 Å². The number of aryl methyl sites for hydroxylation is 2. The lowest BCUT2D eigenvalue weighted by molar-refractivity contribution is -0.162. The maximum absolute atomic E-state index is 13.0. The maximum Gasteiger partial charge on any atom is 0.359 e. The summed E-state index contributed by atoms with van der Waals surface area (Å²) in [6.45, 7) is 2.52. The number of carbonyl (C=O) groups excluding carboxylic acids is 1. The molecule has 5 rings (SSSR count). The molecule has 1 aromatic heterocycles. The second-order valence-corrected chi connectivity index (χ2v) is 9.48. The Morgan fingerprint density at radius 3 is 2.71 bits per heavy atom. The monoisotopic (exact) mass is 439 g/mol. The second-order valence-electron chi connectivity index (χ2n) is 8.59. The van der Waals surface area contributed by atoms with Gasteiger partial charge < -0.3 is 14.8 Å². The lowest BCUT2D eigenvalue weighted by Crippen LogP contribution is -2.42. The van der Waals surface area contributed by atoms with Gasteiger partial charge in [0.2, 0.25) is 0 Å². The Kier molecular flexibility index (Phi) is 5.69. The first kappa shape index (κ1) is 20.5. The zero-order valence-electron chi connectivity index (χ0n) is 18.0. The van der Waals surface area contributed by atoms with Gasteiger partial charge in [0.05, 0.1) is 6.61 Å². The number of carbonyl (C=O) groups is 1. The summed E-state index contributed by atoms with van der Waals surface area (Å²) >= 11 is 1.40. The first-order valence-corrected chi connectivity index (χ1v) is 12.3. The van der Waals surface area contributed by atoms with Crippen molar-refractivity contribution in [3.8, 4) is 0 Å². The van der Waals surface area contributed by atoms with E-state index in [2.05, 4.69) is 21.4 Å². The number of fused-ring (bicyclic) bond motifs is 2. The fourth-order valence-electron chi connectivity index (χ4n) is 4.93. The first-order valence-electron chi connectivity index (χ1n) is 11.5. The van der Waals surface area contributed by atoms with Gasteiger partial charge in [0.15, 0.2) is 5.01 Å². The number of aromatic nitrogens is 1. The predicted octanol–water partition coefficient (Wildman–Crippen LogP) is 4.55. The lowest BCUT2D eigenvalue weighted by atomic mass is 9.94. The van der Waals surface area contributed by atoms with Gasteiger partial charge >= 0.3 is 5.97 Å². The number of aliphatic imine (C=N–C) groups is 1. The lowest BCUT2D eigenvalue weighted by Gasteiger charge is -2.25. The van der Waals surface area contributed by atoms with E-state index in [1.165, 1.54) is 65.0 Å². The largest absolute Gasteiger partial charge is 0.462 e. The maximum atomic E-state index is 13.0. The van der Waals surface area contributed by atoms with Crippen LogP contribution in [0.25, 0.3) is 0 Å². The summed E-state index contributed by atoms with van der Waals surface area (Å²) in [6.07, 6.45) is 11.8. The summed E-state index contributed by atoms with van der Waals surface area (Å²) in [5.74, 6) is -0.415. The standard InChI is InChI=1S/C24H29N3O3S/c1-2-12-29-22(28)24(21-25-11-13-31-21)15-26-23(30-24)27-20-18-9-5-3-4-7-16(18)14-17-8-6-10-19(17)20/h11,13-14H,2-10,12,15H2,1H3,(H,26,27). The Balaban J connectivity index is 1.45. The Labute approximate surface area is 187 Å². The molecule has 0 fully saturated rings. The molecule has 31 heavy (non-hydrogen) atoms. The highest BCUT2D eigenvalue weighted by atomic mass is 32.1. The topological polar surface area (TPSA) is 72.8 Å². The van der Waals surface area contributed by atoms with Crippen LogP contribution < -0.4 is 5.32 Å². The van der Waals surface area contributed by atoms with Crippen molar-refractivity contribution in [2.24, 2.45) is 4.99 Å². The molecule has 1 unspecified atom stereocenters. The average Bonchev–Trinajstić information content (AvgIpc) is 3.51. The number of ether oxygens (including phenoxy) is 2. The van der Waals surface area contributed by atoms with E-state index in [1.54, 1.807) is 6.20 Å². The van der Waals surface area contributed by atoms with Crippen LogP contribution in [0.5, 0.6) is 0 Å². The number of nitrogens with zero attached hydrogens (tertiary/aromatic N) is 2. The third-order valence-electron chi connectivity index (χ3n) is 6.47. The van der Waals surface area contributed by atoms with Crippen LogP contribution >= 0.6 is 11.3 Å². The van der Waals surface area contributed by atoms with Crippen molar-refractivity contribution < 1.29 is 14.3 Å². The van der Waals surface area contributed by atoms with Crippen LogP contribution in [0.1, 0.15) is 66.3 Å². The van der Waals surface area contributed by atoms with E-state index >= 15 is 0 Å². The highest BCUT2D eigenvalue weighted by Crippen LogP contribution is 2.39. The van der Waals surface area contributed by atoms with E-state index in [-0.39, 0.29) is 6.54 Å². The summed E-state index contributed by atoms with van der Waals surface area (Å²) in [5, 5.41) is 5.96. The molecule has 3 aliphatic rings. The highest BCUT2D eigenvalue weighted by Gasteiger charge is 2.51. The minimum Gasteiger partial charge on any atom is -0.462 e. The zero-order valence-corrected chi connectivity index (χ0v) is 18.9. The molecule has 164 valence electrons. The van der Waals surface area contributed by atoms with Gasteiger partial charge in [-0.05, 0) is 73.6 Å². The number of nitrogens with one attached hydrogen (secondary N) is 1. The molecular formula is C24H29N3O3S. The van der Waals surface area contributed by atoms with Crippen LogP contribution in [0.3, 0.4) is 0 Å². The van der Waals surface area contributed by atoms with E-state index in [1.807, 2.05) is 12.3 Å². The third-order valence-corrected chi connectivity index (χ3v) is 7.38. The molecule has 2 aliphatic carbocycles. The van der Waals surface area contributed by atoms with E-state index in [9.17, 15) is 4.79 Å². The summed E-state index contributed by atoms with van der Waals surface area (Å²) < 4.78 is 11.7. The highest BCUT2D eigenvalue weighted by molar-refractivity contribution is 7.09. The van der Waals surface area contributed by atoms with Crippen LogP contribution in [-0.4, -0.2) is 30.1 Å². The Hall–Kier alpha value is -2.41.